The predicted octanol–water partition coefficient (Wildman–Crippen LogP) is -3.38. The van der Waals surface area contributed by atoms with E-state index < -0.39 is 8.24 Å². The van der Waals surface area contributed by atoms with Crippen molar-refractivity contribution in [2.45, 2.75) is 40.8 Å². The van der Waals surface area contributed by atoms with Crippen LogP contribution in [0.3, 0.4) is 0 Å². The molecule has 0 atom stereocenters. The molecule has 0 spiro atoms. The fourth-order valence-corrected chi connectivity index (χ4v) is 5.02. The Bertz CT molecular complexity index is 361. The van der Waals surface area contributed by atoms with Crippen LogP contribution in [0.15, 0.2) is 0 Å². The van der Waals surface area contributed by atoms with Crippen molar-refractivity contribution in [3.63, 3.8) is 0 Å². The van der Waals surface area contributed by atoms with Crippen molar-refractivity contribution in [2.24, 2.45) is 0 Å². The van der Waals surface area contributed by atoms with E-state index >= 15 is 0 Å². The Kier molecular flexibility index (Phi) is 10.9. The molecule has 0 aromatic heterocycles. The Morgan fingerprint density at radius 3 is 1.56 bits per heavy atom. The molecule has 0 saturated carbocycles. The molecule has 1 rings (SSSR count). The first-order chi connectivity index (χ1) is 6.71. The molecule has 1 aromatic carbocycles. The maximum Gasteiger partial charge on any atom is 3.00 e. The quantitative estimate of drug-likeness (QED) is 0.401. The van der Waals surface area contributed by atoms with Crippen LogP contribution >= 0.6 is 0 Å². The van der Waals surface area contributed by atoms with Gasteiger partial charge < -0.3 is 29.4 Å². The minimum Gasteiger partial charge on any atom is -1.00 e. The summed E-state index contributed by atoms with van der Waals surface area (Å²) in [6, 6.07) is 0. The van der Waals surface area contributed by atoms with Crippen LogP contribution < -0.4 is 30.0 Å². The molecule has 0 aliphatic carbocycles. The van der Waals surface area contributed by atoms with Gasteiger partial charge in [0.2, 0.25) is 0 Å². The summed E-state index contributed by atoms with van der Waals surface area (Å²) in [6.45, 7) is 13.9. The number of hydrogen-bond donors (Lipinski definition) is 0. The van der Waals surface area contributed by atoms with Gasteiger partial charge in [0, 0.05) is 0 Å². The summed E-state index contributed by atoms with van der Waals surface area (Å²) in [4.78, 5) is 0. The van der Waals surface area contributed by atoms with Crippen molar-refractivity contribution in [1.82, 2.24) is 4.57 Å². The Morgan fingerprint density at radius 1 is 0.944 bits per heavy atom. The Labute approximate surface area is 141 Å². The maximum atomic E-state index is 2.43. The van der Waals surface area contributed by atoms with Crippen LogP contribution in [-0.2, 0) is 21.7 Å². The van der Waals surface area contributed by atoms with E-state index in [1.54, 1.807) is 5.19 Å². The third kappa shape index (κ3) is 3.91. The summed E-state index contributed by atoms with van der Waals surface area (Å²) in [6.07, 6.45) is 0. The largest absolute Gasteiger partial charge is 3.00 e. The summed E-state index contributed by atoms with van der Waals surface area (Å²) < 4.78 is 2.43. The van der Waals surface area contributed by atoms with Crippen LogP contribution in [-0.4, -0.2) is 26.9 Å². The second-order valence-corrected chi connectivity index (χ2v) is 9.84. The van der Waals surface area contributed by atoms with Gasteiger partial charge in [-0.1, -0.05) is 40.8 Å². The number of rotatable bonds is 2. The summed E-state index contributed by atoms with van der Waals surface area (Å²) in [5.74, 6) is 0. The number of hydrogen-bond acceptors (Lipinski definition) is 1. The van der Waals surface area contributed by atoms with Crippen LogP contribution in [0.5, 0.6) is 0 Å². The Morgan fingerprint density at radius 2 is 1.33 bits per heavy atom. The van der Waals surface area contributed by atoms with Gasteiger partial charge in [0.15, 0.2) is 0 Å². The van der Waals surface area contributed by atoms with Crippen molar-refractivity contribution in [3.8, 4) is 0 Å². The van der Waals surface area contributed by atoms with Gasteiger partial charge in [0.05, 0.1) is 0 Å². The summed E-state index contributed by atoms with van der Waals surface area (Å²) in [5.41, 5.74) is 6.03. The van der Waals surface area contributed by atoms with Crippen molar-refractivity contribution in [3.05, 3.63) is 22.3 Å². The molecule has 0 fully saturated rings. The molecule has 0 unspecified atom stereocenters. The molecule has 1 nitrogen and oxygen atoms in total. The molecular weight excluding hydrogens is 317 g/mol. The smallest absolute Gasteiger partial charge is 1.00 e. The summed E-state index contributed by atoms with van der Waals surface area (Å²) in [7, 11) is 3.00. The van der Waals surface area contributed by atoms with E-state index in [1.165, 1.54) is 22.3 Å². The first-order valence-electron chi connectivity index (χ1n) is 5.62. The minimum atomic E-state index is -1.42. The van der Waals surface area contributed by atoms with Crippen LogP contribution in [0.1, 0.15) is 22.3 Å². The third-order valence-corrected chi connectivity index (χ3v) is 8.38. The normalized spacial score (nSPS) is 10.5. The average Bonchev–Trinajstić information content (AvgIpc) is 2.31. The van der Waals surface area contributed by atoms with E-state index in [1.807, 2.05) is 0 Å². The SMILES string of the molecule is Cc1c(C)c([Si](C)(C)N(C)C)[c-](C)c1C.[Cl-].[Cl-].[Ti+3]. The maximum absolute atomic E-state index is 2.43. The first kappa shape index (κ1) is 23.9. The molecule has 103 valence electrons. The molecule has 0 N–H and O–H groups in total. The molecule has 18 heavy (non-hydrogen) atoms. The molecule has 0 heterocycles. The van der Waals surface area contributed by atoms with Crippen LogP contribution in [0.25, 0.3) is 0 Å². The number of halogens is 2. The molecule has 1 aromatic rings. The molecule has 0 saturated heterocycles. The van der Waals surface area contributed by atoms with E-state index in [0.29, 0.717) is 0 Å². The van der Waals surface area contributed by atoms with E-state index in [4.69, 9.17) is 0 Å². The second-order valence-electron chi connectivity index (χ2n) is 5.33. The van der Waals surface area contributed by atoms with E-state index in [2.05, 4.69) is 59.4 Å². The zero-order valence-electron chi connectivity index (χ0n) is 12.7. The molecule has 0 aliphatic heterocycles. The zero-order chi connectivity index (χ0) is 12.0. The van der Waals surface area contributed by atoms with Gasteiger partial charge in [0.1, 0.15) is 8.24 Å². The topological polar surface area (TPSA) is 3.24 Å². The summed E-state index contributed by atoms with van der Waals surface area (Å²) >= 11 is 0. The van der Waals surface area contributed by atoms with Crippen LogP contribution in [0, 0.1) is 27.7 Å². The standard InChI is InChI=1S/C13H24NSi.2ClH.Ti/c1-9-10(2)12(4)13(11(9)3)15(7,8)14(5)6;;;/h1-8H3;2*1H;/q-1;;;+3/p-2. The molecule has 5 heteroatoms. The summed E-state index contributed by atoms with van der Waals surface area (Å²) in [5, 5.41) is 1.64. The fraction of sp³-hybridized carbons (Fsp3) is 0.615. The molecule has 0 amide bonds. The average molecular weight is 341 g/mol. The van der Waals surface area contributed by atoms with E-state index in [9.17, 15) is 0 Å². The predicted molar refractivity (Wildman–Crippen MR) is 71.8 cm³/mol. The van der Waals surface area contributed by atoms with E-state index in [-0.39, 0.29) is 46.5 Å². The van der Waals surface area contributed by atoms with Gasteiger partial charge in [-0.25, -0.2) is 0 Å². The van der Waals surface area contributed by atoms with Gasteiger partial charge in [-0.05, 0) is 14.1 Å². The van der Waals surface area contributed by atoms with Gasteiger partial charge in [-0.15, -0.1) is 0 Å². The van der Waals surface area contributed by atoms with Gasteiger partial charge in [0.25, 0.3) is 0 Å². The van der Waals surface area contributed by atoms with Crippen molar-refractivity contribution >= 4 is 13.4 Å². The zero-order valence-corrected chi connectivity index (χ0v) is 16.8. The first-order valence-corrected chi connectivity index (χ1v) is 8.57. The van der Waals surface area contributed by atoms with Crippen molar-refractivity contribution < 1.29 is 46.5 Å². The van der Waals surface area contributed by atoms with Crippen LogP contribution in [0.2, 0.25) is 13.1 Å². The van der Waals surface area contributed by atoms with Crippen molar-refractivity contribution in [2.75, 3.05) is 14.1 Å². The van der Waals surface area contributed by atoms with Crippen molar-refractivity contribution in [1.29, 1.82) is 0 Å². The molecule has 1 radical (unpaired) electrons. The second kappa shape index (κ2) is 8.18. The van der Waals surface area contributed by atoms with Gasteiger partial charge in [-0.3, -0.25) is 0 Å². The van der Waals surface area contributed by atoms with E-state index in [0.717, 1.165) is 0 Å². The number of nitrogens with zero attached hydrogens (tertiary/aromatic N) is 1. The van der Waals surface area contributed by atoms with Gasteiger partial charge >= 0.3 is 21.7 Å². The minimum absolute atomic E-state index is 0. The van der Waals surface area contributed by atoms with Crippen LogP contribution in [0.4, 0.5) is 0 Å². The third-order valence-electron chi connectivity index (χ3n) is 4.17. The fourth-order valence-electron chi connectivity index (χ4n) is 2.36. The monoisotopic (exact) mass is 340 g/mol. The Hall–Kier alpha value is 0.821. The molecule has 0 aliphatic rings. The molecular formula is C13H24Cl2NSiTi. The van der Waals surface area contributed by atoms with Gasteiger partial charge in [-0.2, -0.15) is 27.4 Å². The Balaban J connectivity index is -0.000000750. The molecule has 0 bridgehead atoms.